The first-order valence-electron chi connectivity index (χ1n) is 17.1. The van der Waals surface area contributed by atoms with Crippen molar-refractivity contribution in [1.82, 2.24) is 15.1 Å². The number of rotatable bonds is 20. The summed E-state index contributed by atoms with van der Waals surface area (Å²) in [6.07, 6.45) is 8.28. The topological polar surface area (TPSA) is 124 Å². The van der Waals surface area contributed by atoms with Gasteiger partial charge in [0.1, 0.15) is 18.0 Å². The van der Waals surface area contributed by atoms with E-state index in [2.05, 4.69) is 39.8 Å². The Hall–Kier alpha value is -3.18. The third kappa shape index (κ3) is 9.44. The number of aliphatic hydroxyl groups excluding tert-OH is 1. The molecular formula is C36H52N4O6. The van der Waals surface area contributed by atoms with E-state index in [-0.39, 0.29) is 36.6 Å². The van der Waals surface area contributed by atoms with Crippen LogP contribution in [-0.4, -0.2) is 104 Å². The normalized spacial score (nSPS) is 20.0. The molecule has 3 atom stereocenters. The van der Waals surface area contributed by atoms with Crippen LogP contribution in [0.1, 0.15) is 61.3 Å². The Bertz CT molecular complexity index is 1280. The minimum atomic E-state index is -0.932. The molecule has 252 valence electrons. The highest BCUT2D eigenvalue weighted by molar-refractivity contribution is 5.77. The standard InChI is InChI=1S/C36H52N4O6/c1-37-35-32(42)11-10-31(36(35)46-21-18-41)33(43)23-38-15-17-40(30-8-9-30)34(44)14-20-45-19-13-27-5-2-4-26(22-27)12-16-39-24-28-6-3-7-29(28)25-39/h2,4-5,10-11,18,22,28-30,33,37-38,42-43H,3,6-9,12-17,19-21,23-25H2,1H3. The Morgan fingerprint density at radius 3 is 2.57 bits per heavy atom. The molecule has 1 saturated heterocycles. The van der Waals surface area contributed by atoms with E-state index in [4.69, 9.17) is 9.47 Å². The fourth-order valence-electron chi connectivity index (χ4n) is 7.15. The number of ether oxygens (including phenoxy) is 2. The molecule has 46 heavy (non-hydrogen) atoms. The molecule has 3 unspecified atom stereocenters. The highest BCUT2D eigenvalue weighted by Crippen LogP contribution is 2.40. The number of aromatic hydroxyl groups is 1. The summed E-state index contributed by atoms with van der Waals surface area (Å²) in [4.78, 5) is 28.5. The van der Waals surface area contributed by atoms with Gasteiger partial charge in [-0.25, -0.2) is 0 Å². The number of hydrogen-bond donors (Lipinski definition) is 4. The van der Waals surface area contributed by atoms with Gasteiger partial charge >= 0.3 is 0 Å². The molecule has 1 heterocycles. The Morgan fingerprint density at radius 2 is 1.85 bits per heavy atom. The molecule has 0 bridgehead atoms. The number of carbonyl (C=O) groups is 2. The lowest BCUT2D eigenvalue weighted by molar-refractivity contribution is -0.132. The summed E-state index contributed by atoms with van der Waals surface area (Å²) < 4.78 is 11.4. The molecular weight excluding hydrogens is 584 g/mol. The molecule has 0 radical (unpaired) electrons. The SMILES string of the molecule is CNc1c(O)ccc(C(O)CNCCN(C(=O)CCOCCc2cccc(CCN3CC4CCCC4C3)c2)C2CC2)c1OCC=O. The Balaban J connectivity index is 0.984. The fourth-order valence-corrected chi connectivity index (χ4v) is 7.15. The number of phenolic OH excluding ortho intramolecular Hbond substituents is 1. The van der Waals surface area contributed by atoms with Gasteiger partial charge in [-0.1, -0.05) is 30.7 Å². The molecule has 0 aromatic heterocycles. The number of aliphatic hydroxyl groups is 1. The summed E-state index contributed by atoms with van der Waals surface area (Å²) in [6.45, 7) is 5.83. The molecule has 3 fully saturated rings. The van der Waals surface area contributed by atoms with E-state index in [0.29, 0.717) is 50.3 Å². The monoisotopic (exact) mass is 636 g/mol. The number of carbonyl (C=O) groups excluding carboxylic acids is 2. The fraction of sp³-hybridized carbons (Fsp3) is 0.611. The lowest BCUT2D eigenvalue weighted by Gasteiger charge is -2.24. The van der Waals surface area contributed by atoms with Gasteiger partial charge < -0.3 is 40.1 Å². The van der Waals surface area contributed by atoms with Crippen LogP contribution in [0.25, 0.3) is 0 Å². The highest BCUT2D eigenvalue weighted by atomic mass is 16.5. The van der Waals surface area contributed by atoms with Crippen molar-refractivity contribution in [3.63, 3.8) is 0 Å². The number of likely N-dealkylation sites (tertiary alicyclic amines) is 1. The number of anilines is 1. The average molecular weight is 637 g/mol. The number of amides is 1. The molecule has 2 aromatic rings. The van der Waals surface area contributed by atoms with E-state index in [1.807, 2.05) is 4.90 Å². The Morgan fingerprint density at radius 1 is 1.09 bits per heavy atom. The second-order valence-electron chi connectivity index (χ2n) is 13.0. The number of benzene rings is 2. The van der Waals surface area contributed by atoms with Crippen molar-refractivity contribution in [2.45, 2.75) is 63.5 Å². The molecule has 2 aromatic carbocycles. The number of nitrogens with zero attached hydrogens (tertiary/aromatic N) is 2. The third-order valence-corrected chi connectivity index (χ3v) is 9.75. The van der Waals surface area contributed by atoms with Gasteiger partial charge in [0, 0.05) is 57.9 Å². The first kappa shape index (κ1) is 34.2. The van der Waals surface area contributed by atoms with Gasteiger partial charge in [0.15, 0.2) is 12.0 Å². The first-order valence-corrected chi connectivity index (χ1v) is 17.1. The van der Waals surface area contributed by atoms with E-state index < -0.39 is 6.10 Å². The van der Waals surface area contributed by atoms with Crippen LogP contribution in [0.15, 0.2) is 36.4 Å². The predicted octanol–water partition coefficient (Wildman–Crippen LogP) is 3.55. The van der Waals surface area contributed by atoms with Gasteiger partial charge in [-0.05, 0) is 73.6 Å². The number of phenols is 1. The zero-order chi connectivity index (χ0) is 32.3. The minimum Gasteiger partial charge on any atom is -0.506 e. The van der Waals surface area contributed by atoms with Gasteiger partial charge in [0.2, 0.25) is 5.91 Å². The maximum atomic E-state index is 13.0. The highest BCUT2D eigenvalue weighted by Gasteiger charge is 2.35. The van der Waals surface area contributed by atoms with Crippen molar-refractivity contribution < 1.29 is 29.3 Å². The summed E-state index contributed by atoms with van der Waals surface area (Å²) in [7, 11) is 1.63. The van der Waals surface area contributed by atoms with Crippen LogP contribution >= 0.6 is 0 Å². The van der Waals surface area contributed by atoms with Crippen molar-refractivity contribution in [2.24, 2.45) is 11.8 Å². The molecule has 0 spiro atoms. The van der Waals surface area contributed by atoms with Gasteiger partial charge in [0.05, 0.1) is 25.7 Å². The Labute approximate surface area is 273 Å². The van der Waals surface area contributed by atoms with E-state index in [1.54, 1.807) is 13.1 Å². The van der Waals surface area contributed by atoms with Crippen LogP contribution < -0.4 is 15.4 Å². The average Bonchev–Trinajstić information content (AvgIpc) is 3.67. The zero-order valence-corrected chi connectivity index (χ0v) is 27.3. The molecule has 3 aliphatic rings. The summed E-state index contributed by atoms with van der Waals surface area (Å²) >= 11 is 0. The summed E-state index contributed by atoms with van der Waals surface area (Å²) in [5.41, 5.74) is 3.45. The number of nitrogens with one attached hydrogen (secondary N) is 2. The third-order valence-electron chi connectivity index (χ3n) is 9.75. The maximum Gasteiger partial charge on any atom is 0.225 e. The molecule has 1 aliphatic heterocycles. The second-order valence-corrected chi connectivity index (χ2v) is 13.0. The van der Waals surface area contributed by atoms with Gasteiger partial charge in [-0.2, -0.15) is 0 Å². The molecule has 4 N–H and O–H groups in total. The van der Waals surface area contributed by atoms with Gasteiger partial charge in [-0.15, -0.1) is 0 Å². The molecule has 10 heteroatoms. The van der Waals surface area contributed by atoms with Crippen molar-refractivity contribution in [3.8, 4) is 11.5 Å². The van der Waals surface area contributed by atoms with Crippen LogP contribution in [0, 0.1) is 11.8 Å². The van der Waals surface area contributed by atoms with E-state index in [9.17, 15) is 19.8 Å². The molecule has 5 rings (SSSR count). The quantitative estimate of drug-likeness (QED) is 0.0982. The smallest absolute Gasteiger partial charge is 0.225 e. The van der Waals surface area contributed by atoms with Gasteiger partial charge in [0.25, 0.3) is 0 Å². The number of fused-ring (bicyclic) bond motifs is 1. The van der Waals surface area contributed by atoms with Crippen molar-refractivity contribution in [2.75, 3.05) is 71.5 Å². The first-order chi connectivity index (χ1) is 22.5. The number of hydrogen-bond acceptors (Lipinski definition) is 9. The molecule has 2 aliphatic carbocycles. The van der Waals surface area contributed by atoms with Crippen molar-refractivity contribution in [1.29, 1.82) is 0 Å². The zero-order valence-electron chi connectivity index (χ0n) is 27.3. The van der Waals surface area contributed by atoms with Crippen LogP contribution in [-0.2, 0) is 27.2 Å². The summed E-state index contributed by atoms with van der Waals surface area (Å²) in [5.74, 6) is 2.19. The lowest BCUT2D eigenvalue weighted by atomic mass is 10.0. The molecule has 10 nitrogen and oxygen atoms in total. The number of aldehydes is 1. The minimum absolute atomic E-state index is 0.0335. The van der Waals surface area contributed by atoms with Crippen molar-refractivity contribution in [3.05, 3.63) is 53.1 Å². The van der Waals surface area contributed by atoms with Crippen molar-refractivity contribution >= 4 is 17.9 Å². The largest absolute Gasteiger partial charge is 0.506 e. The van der Waals surface area contributed by atoms with Crippen LogP contribution in [0.4, 0.5) is 5.69 Å². The van der Waals surface area contributed by atoms with Crippen LogP contribution in [0.5, 0.6) is 11.5 Å². The summed E-state index contributed by atoms with van der Waals surface area (Å²) in [6, 6.07) is 12.2. The van der Waals surface area contributed by atoms with Crippen LogP contribution in [0.2, 0.25) is 0 Å². The van der Waals surface area contributed by atoms with E-state index in [1.165, 1.54) is 49.5 Å². The summed E-state index contributed by atoms with van der Waals surface area (Å²) in [5, 5.41) is 27.1. The lowest BCUT2D eigenvalue weighted by Crippen LogP contribution is -2.39. The van der Waals surface area contributed by atoms with Gasteiger partial charge in [-0.3, -0.25) is 9.59 Å². The molecule has 1 amide bonds. The molecule has 2 saturated carbocycles. The second kappa shape index (κ2) is 17.1. The Kier molecular flexibility index (Phi) is 12.7. The van der Waals surface area contributed by atoms with Crippen LogP contribution in [0.3, 0.4) is 0 Å². The predicted molar refractivity (Wildman–Crippen MR) is 178 cm³/mol. The van der Waals surface area contributed by atoms with E-state index in [0.717, 1.165) is 44.1 Å². The van der Waals surface area contributed by atoms with E-state index >= 15 is 0 Å². The maximum absolute atomic E-state index is 13.0.